The molecule has 88 valence electrons. The molecule has 5 heteroatoms. The molecule has 0 unspecified atom stereocenters. The highest BCUT2D eigenvalue weighted by Gasteiger charge is 2.10. The Morgan fingerprint density at radius 1 is 1.24 bits per heavy atom. The normalized spacial score (nSPS) is 10.5. The third-order valence-electron chi connectivity index (χ3n) is 2.15. The van der Waals surface area contributed by atoms with Crippen molar-refractivity contribution in [1.29, 1.82) is 0 Å². The van der Waals surface area contributed by atoms with E-state index >= 15 is 0 Å². The minimum absolute atomic E-state index is 0.0340. The quantitative estimate of drug-likeness (QED) is 0.692. The first-order valence-corrected chi connectivity index (χ1v) is 7.14. The van der Waals surface area contributed by atoms with Gasteiger partial charge in [0.15, 0.2) is 5.78 Å². The smallest absolute Gasteiger partial charge is 0.168 e. The maximum absolute atomic E-state index is 12.0. The first-order valence-electron chi connectivity index (χ1n) is 4.78. The topological polar surface area (TPSA) is 17.1 Å². The van der Waals surface area contributed by atoms with E-state index in [-0.39, 0.29) is 5.78 Å². The van der Waals surface area contributed by atoms with Gasteiger partial charge < -0.3 is 0 Å². The number of carbonyl (C=O) groups is 1. The van der Waals surface area contributed by atoms with Crippen LogP contribution in [-0.4, -0.2) is 5.78 Å². The van der Waals surface area contributed by atoms with Gasteiger partial charge in [-0.2, -0.15) is 0 Å². The molecule has 2 aromatic rings. The summed E-state index contributed by atoms with van der Waals surface area (Å²) >= 11 is 16.5. The highest BCUT2D eigenvalue weighted by Crippen LogP contribution is 2.24. The van der Waals surface area contributed by atoms with Crippen LogP contribution >= 0.6 is 50.5 Å². The molecule has 0 amide bonds. The fraction of sp³-hybridized carbons (Fsp3) is 0.0833. The van der Waals surface area contributed by atoms with E-state index in [0.717, 1.165) is 9.35 Å². The summed E-state index contributed by atoms with van der Waals surface area (Å²) in [5.41, 5.74) is 0.605. The average Bonchev–Trinajstić information content (AvgIpc) is 2.62. The Balaban J connectivity index is 2.19. The van der Waals surface area contributed by atoms with Gasteiger partial charge in [-0.15, -0.1) is 11.3 Å². The van der Waals surface area contributed by atoms with Crippen LogP contribution in [0.25, 0.3) is 0 Å². The number of halogens is 3. The summed E-state index contributed by atoms with van der Waals surface area (Å²) in [4.78, 5) is 13.0. The lowest BCUT2D eigenvalue weighted by Crippen LogP contribution is -2.02. The van der Waals surface area contributed by atoms with E-state index in [9.17, 15) is 4.79 Å². The number of hydrogen-bond donors (Lipinski definition) is 0. The molecule has 1 aromatic carbocycles. The molecular formula is C12H7BrCl2OS. The van der Waals surface area contributed by atoms with Gasteiger partial charge in [0.1, 0.15) is 0 Å². The minimum Gasteiger partial charge on any atom is -0.294 e. The second kappa shape index (κ2) is 5.53. The van der Waals surface area contributed by atoms with Crippen molar-refractivity contribution >= 4 is 56.3 Å². The third kappa shape index (κ3) is 3.55. The van der Waals surface area contributed by atoms with Crippen LogP contribution in [0, 0.1) is 0 Å². The molecule has 0 radical (unpaired) electrons. The van der Waals surface area contributed by atoms with E-state index in [0.29, 0.717) is 21.3 Å². The van der Waals surface area contributed by atoms with Gasteiger partial charge in [0.05, 0.1) is 4.34 Å². The van der Waals surface area contributed by atoms with Crippen molar-refractivity contribution < 1.29 is 4.79 Å². The molecule has 0 atom stereocenters. The van der Waals surface area contributed by atoms with Gasteiger partial charge in [-0.1, -0.05) is 39.1 Å². The lowest BCUT2D eigenvalue weighted by atomic mass is 10.1. The predicted molar refractivity (Wildman–Crippen MR) is 76.5 cm³/mol. The van der Waals surface area contributed by atoms with E-state index in [1.54, 1.807) is 24.3 Å². The highest BCUT2D eigenvalue weighted by molar-refractivity contribution is 9.10. The van der Waals surface area contributed by atoms with E-state index in [1.807, 2.05) is 6.07 Å². The van der Waals surface area contributed by atoms with Crippen LogP contribution in [0.15, 0.2) is 34.8 Å². The predicted octanol–water partition coefficient (Wildman–Crippen LogP) is 5.24. The molecule has 0 saturated heterocycles. The van der Waals surface area contributed by atoms with Crippen molar-refractivity contribution in [2.75, 3.05) is 0 Å². The molecule has 0 spiro atoms. The van der Waals surface area contributed by atoms with Crippen LogP contribution in [-0.2, 0) is 6.42 Å². The molecule has 1 aromatic heterocycles. The largest absolute Gasteiger partial charge is 0.294 e. The molecule has 2 rings (SSSR count). The van der Waals surface area contributed by atoms with Crippen molar-refractivity contribution in [1.82, 2.24) is 0 Å². The first kappa shape index (κ1) is 13.1. The lowest BCUT2D eigenvalue weighted by Gasteiger charge is -2.01. The number of carbonyl (C=O) groups excluding carboxylic acids is 1. The average molecular weight is 350 g/mol. The first-order chi connectivity index (χ1) is 8.04. The summed E-state index contributed by atoms with van der Waals surface area (Å²) in [6.45, 7) is 0. The van der Waals surface area contributed by atoms with Gasteiger partial charge in [0.2, 0.25) is 0 Å². The molecule has 0 aliphatic heterocycles. The summed E-state index contributed by atoms with van der Waals surface area (Å²) in [5.74, 6) is 0.0340. The van der Waals surface area contributed by atoms with Gasteiger partial charge in [0.25, 0.3) is 0 Å². The molecule has 17 heavy (non-hydrogen) atoms. The molecule has 0 bridgehead atoms. The van der Waals surface area contributed by atoms with Crippen LogP contribution in [0.2, 0.25) is 9.36 Å². The molecule has 0 saturated carbocycles. The zero-order valence-corrected chi connectivity index (χ0v) is 12.5. The number of thiophene rings is 1. The van der Waals surface area contributed by atoms with Gasteiger partial charge in [0, 0.05) is 26.4 Å². The van der Waals surface area contributed by atoms with Gasteiger partial charge in [-0.05, 0) is 30.3 Å². The van der Waals surface area contributed by atoms with Crippen LogP contribution in [0.5, 0.6) is 0 Å². The van der Waals surface area contributed by atoms with E-state index < -0.39 is 0 Å². The summed E-state index contributed by atoms with van der Waals surface area (Å²) < 4.78 is 1.50. The van der Waals surface area contributed by atoms with Crippen molar-refractivity contribution in [2.24, 2.45) is 0 Å². The highest BCUT2D eigenvalue weighted by atomic mass is 79.9. The second-order valence-corrected chi connectivity index (χ2v) is 6.62. The van der Waals surface area contributed by atoms with Crippen molar-refractivity contribution in [3.05, 3.63) is 54.6 Å². The van der Waals surface area contributed by atoms with Crippen molar-refractivity contribution in [3.63, 3.8) is 0 Å². The standard InChI is InChI=1S/C12H7BrCl2OS/c13-8-3-7(4-9(14)5-8)11(16)6-10-1-2-12(15)17-10/h1-5H,6H2. The Bertz CT molecular complexity index is 545. The van der Waals surface area contributed by atoms with Crippen molar-refractivity contribution in [2.45, 2.75) is 6.42 Å². The molecule has 1 heterocycles. The minimum atomic E-state index is 0.0340. The van der Waals surface area contributed by atoms with Gasteiger partial charge in [-0.25, -0.2) is 0 Å². The molecule has 1 nitrogen and oxygen atoms in total. The Morgan fingerprint density at radius 2 is 2.00 bits per heavy atom. The Kier molecular flexibility index (Phi) is 4.26. The third-order valence-corrected chi connectivity index (χ3v) is 4.06. The number of Topliss-reactive ketones (excluding diaryl/α,β-unsaturated/α-hetero) is 1. The van der Waals surface area contributed by atoms with Crippen LogP contribution in [0.3, 0.4) is 0 Å². The van der Waals surface area contributed by atoms with Crippen LogP contribution in [0.4, 0.5) is 0 Å². The fourth-order valence-electron chi connectivity index (χ4n) is 1.42. The maximum Gasteiger partial charge on any atom is 0.168 e. The summed E-state index contributed by atoms with van der Waals surface area (Å²) in [5, 5.41) is 0.548. The van der Waals surface area contributed by atoms with Crippen LogP contribution < -0.4 is 0 Å². The molecule has 0 aliphatic rings. The maximum atomic E-state index is 12.0. The summed E-state index contributed by atoms with van der Waals surface area (Å²) in [7, 11) is 0. The second-order valence-electron chi connectivity index (χ2n) is 3.46. The fourth-order valence-corrected chi connectivity index (χ4v) is 3.37. The van der Waals surface area contributed by atoms with E-state index in [4.69, 9.17) is 23.2 Å². The SMILES string of the molecule is O=C(Cc1ccc(Cl)s1)c1cc(Cl)cc(Br)c1. The summed E-state index contributed by atoms with van der Waals surface area (Å²) in [6, 6.07) is 8.85. The van der Waals surface area contributed by atoms with Gasteiger partial charge in [-0.3, -0.25) is 4.79 Å². The molecule has 0 fully saturated rings. The van der Waals surface area contributed by atoms with E-state index in [2.05, 4.69) is 15.9 Å². The number of ketones is 1. The van der Waals surface area contributed by atoms with Crippen LogP contribution in [0.1, 0.15) is 15.2 Å². The van der Waals surface area contributed by atoms with Crippen molar-refractivity contribution in [3.8, 4) is 0 Å². The number of benzene rings is 1. The number of rotatable bonds is 3. The lowest BCUT2D eigenvalue weighted by molar-refractivity contribution is 0.0994. The molecule has 0 aliphatic carbocycles. The Hall–Kier alpha value is -0.350. The monoisotopic (exact) mass is 348 g/mol. The molecule has 0 N–H and O–H groups in total. The number of hydrogen-bond acceptors (Lipinski definition) is 2. The zero-order chi connectivity index (χ0) is 12.4. The Morgan fingerprint density at radius 3 is 2.59 bits per heavy atom. The molecular weight excluding hydrogens is 343 g/mol. The van der Waals surface area contributed by atoms with E-state index in [1.165, 1.54) is 11.3 Å². The Labute approximate surface area is 121 Å². The summed E-state index contributed by atoms with van der Waals surface area (Å²) in [6.07, 6.45) is 0.351. The zero-order valence-electron chi connectivity index (χ0n) is 8.54. The van der Waals surface area contributed by atoms with Gasteiger partial charge >= 0.3 is 0 Å².